The molecule has 1 aromatic heterocycles. The first-order chi connectivity index (χ1) is 31.6. The van der Waals surface area contributed by atoms with Crippen LogP contribution in [0.25, 0.3) is 0 Å². The summed E-state index contributed by atoms with van der Waals surface area (Å²) in [5.41, 5.74) is 5.17. The number of rotatable bonds is 27. The van der Waals surface area contributed by atoms with Crippen LogP contribution < -0.4 is 26.5 Å². The van der Waals surface area contributed by atoms with Crippen LogP contribution in [0.15, 0.2) is 70.0 Å². The van der Waals surface area contributed by atoms with Gasteiger partial charge in [-0.3, -0.25) is 23.7 Å². The van der Waals surface area contributed by atoms with Crippen molar-refractivity contribution in [1.29, 1.82) is 0 Å². The van der Waals surface area contributed by atoms with Crippen molar-refractivity contribution in [2.45, 2.75) is 127 Å². The van der Waals surface area contributed by atoms with Crippen molar-refractivity contribution in [2.75, 3.05) is 54.0 Å². The molecule has 2 aliphatic rings. The fourth-order valence-electron chi connectivity index (χ4n) is 8.96. The van der Waals surface area contributed by atoms with E-state index in [1.54, 1.807) is 6.07 Å². The molecule has 1 amide bonds. The SMILES string of the molecule is CCCN1C(=CC=CC2=[N+](CCCS(=O)(=O)O)c3ccc(S(=O)(=O)O)cc3C2(C)C)C(C)(CCCCCC(=O)NCCCNc2nc(NCCCCCC(=O)O)[nH]c(=O)n2)c2cc(C)ccc21. The predicted molar refractivity (Wildman–Crippen MR) is 260 cm³/mol. The quantitative estimate of drug-likeness (QED) is 0.0240. The van der Waals surface area contributed by atoms with Crippen molar-refractivity contribution in [2.24, 2.45) is 0 Å². The van der Waals surface area contributed by atoms with Crippen molar-refractivity contribution in [3.63, 3.8) is 0 Å². The van der Waals surface area contributed by atoms with Gasteiger partial charge in [-0.15, -0.1) is 0 Å². The second-order valence-corrected chi connectivity index (χ2v) is 21.0. The fourth-order valence-corrected chi connectivity index (χ4v) is 9.96. The minimum Gasteiger partial charge on any atom is -0.481 e. The van der Waals surface area contributed by atoms with Gasteiger partial charge in [-0.1, -0.05) is 50.0 Å². The number of benzene rings is 2. The Hall–Kier alpha value is -5.44. The molecule has 20 heteroatoms. The number of carbonyl (C=O) groups excluding carboxylic acids is 1. The first kappa shape index (κ1) is 52.5. The van der Waals surface area contributed by atoms with Gasteiger partial charge in [-0.25, -0.2) is 4.79 Å². The fraction of sp³-hybridized carbons (Fsp3) is 0.532. The summed E-state index contributed by atoms with van der Waals surface area (Å²) in [5.74, 6) is -0.850. The van der Waals surface area contributed by atoms with Gasteiger partial charge in [-0.2, -0.15) is 31.4 Å². The second kappa shape index (κ2) is 23.0. The molecule has 5 rings (SSSR count). The number of hydrogen-bond acceptors (Lipinski definition) is 12. The lowest BCUT2D eigenvalue weighted by Gasteiger charge is -2.30. The van der Waals surface area contributed by atoms with Crippen LogP contribution in [0.5, 0.6) is 0 Å². The predicted octanol–water partition coefficient (Wildman–Crippen LogP) is 6.63. The number of aryl methyl sites for hydroxylation is 1. The number of carbonyl (C=O) groups is 2. The smallest absolute Gasteiger partial charge is 0.350 e. The molecular formula is C47H67N8O10S2+. The Morgan fingerprint density at radius 2 is 1.60 bits per heavy atom. The number of aromatic nitrogens is 3. The van der Waals surface area contributed by atoms with Crippen molar-refractivity contribution >= 4 is 61.1 Å². The van der Waals surface area contributed by atoms with Gasteiger partial charge in [0.25, 0.3) is 20.2 Å². The van der Waals surface area contributed by atoms with Gasteiger partial charge in [-0.05, 0) is 96.1 Å². The zero-order valence-corrected chi connectivity index (χ0v) is 40.9. The lowest BCUT2D eigenvalue weighted by Crippen LogP contribution is -2.30. The highest BCUT2D eigenvalue weighted by Crippen LogP contribution is 2.51. The van der Waals surface area contributed by atoms with Gasteiger partial charge in [0.2, 0.25) is 23.5 Å². The van der Waals surface area contributed by atoms with Gasteiger partial charge in [0.1, 0.15) is 6.54 Å². The van der Waals surface area contributed by atoms with E-state index in [4.69, 9.17) is 5.11 Å². The maximum absolute atomic E-state index is 12.8. The molecule has 1 unspecified atom stereocenters. The Morgan fingerprint density at radius 3 is 2.31 bits per heavy atom. The summed E-state index contributed by atoms with van der Waals surface area (Å²) in [5, 5.41) is 17.8. The zero-order chi connectivity index (χ0) is 49.0. The third-order valence-electron chi connectivity index (χ3n) is 12.3. The Labute approximate surface area is 394 Å². The van der Waals surface area contributed by atoms with Gasteiger partial charge in [0, 0.05) is 79.9 Å². The third-order valence-corrected chi connectivity index (χ3v) is 14.0. The standard InChI is InChI=1S/C47H66N8O10S2/c1-6-28-54-38-22-20-33(2)31-36(38)47(5,24-11-7-9-18-41(56)48-26-14-27-50-44-51-43(52-45(59)53-44)49-25-12-8-10-19-42(57)58)40(54)17-13-16-39-46(3,4)35-32-34(67(63,64)65)21-23-37(35)55(39)29-15-30-66(60,61)62/h13,16-17,20-23,31-32H,6-12,14-15,18-19,24-30H2,1-5H3,(H6-,48,49,50,51,52,53,56,57,58,59,60,61,62,63,64,65)/p+1. The van der Waals surface area contributed by atoms with Crippen LogP contribution in [0, 0.1) is 6.92 Å². The number of carboxylic acid groups (broad SMARTS) is 1. The van der Waals surface area contributed by atoms with Crippen LogP contribution in [0.1, 0.15) is 121 Å². The molecular weight excluding hydrogens is 901 g/mol. The number of allylic oxidation sites excluding steroid dienone is 4. The van der Waals surface area contributed by atoms with Crippen LogP contribution >= 0.6 is 0 Å². The van der Waals surface area contributed by atoms with Crippen molar-refractivity contribution in [1.82, 2.24) is 20.3 Å². The van der Waals surface area contributed by atoms with Crippen LogP contribution in [-0.2, 0) is 40.7 Å². The molecule has 18 nitrogen and oxygen atoms in total. The zero-order valence-electron chi connectivity index (χ0n) is 39.2. The number of fused-ring (bicyclic) bond motifs is 2. The molecule has 2 aromatic carbocycles. The van der Waals surface area contributed by atoms with Crippen molar-refractivity contribution < 1.29 is 45.2 Å². The molecule has 0 fully saturated rings. The number of carboxylic acids is 1. The summed E-state index contributed by atoms with van der Waals surface area (Å²) in [6.07, 6.45) is 13.5. The minimum absolute atomic E-state index is 0.0362. The number of aliphatic carboxylic acids is 1. The molecule has 0 saturated carbocycles. The Balaban J connectivity index is 1.21. The monoisotopic (exact) mass is 967 g/mol. The van der Waals surface area contributed by atoms with E-state index < -0.39 is 43.1 Å². The molecule has 0 spiro atoms. The summed E-state index contributed by atoms with van der Waals surface area (Å²) in [6.45, 7) is 12.8. The average molecular weight is 968 g/mol. The van der Waals surface area contributed by atoms with Crippen LogP contribution in [0.3, 0.4) is 0 Å². The molecule has 3 heterocycles. The van der Waals surface area contributed by atoms with E-state index in [2.05, 4.69) is 80.8 Å². The average Bonchev–Trinajstić information content (AvgIpc) is 3.59. The summed E-state index contributed by atoms with van der Waals surface area (Å²) in [4.78, 5) is 48.3. The van der Waals surface area contributed by atoms with E-state index >= 15 is 0 Å². The third kappa shape index (κ3) is 14.3. The maximum atomic E-state index is 12.8. The summed E-state index contributed by atoms with van der Waals surface area (Å²) in [6, 6.07) is 11.0. The Kier molecular flexibility index (Phi) is 18.1. The van der Waals surface area contributed by atoms with Gasteiger partial charge in [0.15, 0.2) is 5.71 Å². The number of anilines is 3. The lowest BCUT2D eigenvalue weighted by molar-refractivity contribution is -0.437. The maximum Gasteiger partial charge on any atom is 0.350 e. The molecule has 0 aliphatic carbocycles. The van der Waals surface area contributed by atoms with Crippen LogP contribution in [0.2, 0.25) is 0 Å². The minimum atomic E-state index is -4.48. The Morgan fingerprint density at radius 1 is 0.866 bits per heavy atom. The number of amides is 1. The van der Waals surface area contributed by atoms with Gasteiger partial charge >= 0.3 is 11.7 Å². The lowest BCUT2D eigenvalue weighted by atomic mass is 9.76. The molecule has 366 valence electrons. The van der Waals surface area contributed by atoms with E-state index in [1.165, 1.54) is 17.7 Å². The van der Waals surface area contributed by atoms with Gasteiger partial charge in [0.05, 0.1) is 16.1 Å². The molecule has 3 aromatic rings. The summed E-state index contributed by atoms with van der Waals surface area (Å²) >= 11 is 0. The normalized spacial score (nSPS) is 17.3. The molecule has 7 N–H and O–H groups in total. The number of unbranched alkanes of at least 4 members (excludes halogenated alkanes) is 4. The topological polar surface area (TPSA) is 264 Å². The van der Waals surface area contributed by atoms with E-state index in [0.29, 0.717) is 50.1 Å². The van der Waals surface area contributed by atoms with Gasteiger partial charge < -0.3 is 26.0 Å². The first-order valence-electron chi connectivity index (χ1n) is 23.1. The first-order valence-corrected chi connectivity index (χ1v) is 26.1. The van der Waals surface area contributed by atoms with Crippen LogP contribution in [0.4, 0.5) is 23.3 Å². The molecule has 0 radical (unpaired) electrons. The number of aromatic amines is 1. The van der Waals surface area contributed by atoms with E-state index in [-0.39, 0.29) is 47.5 Å². The molecule has 1 atom stereocenters. The second-order valence-electron chi connectivity index (χ2n) is 18.0. The largest absolute Gasteiger partial charge is 0.481 e. The Bertz CT molecular complexity index is 2640. The number of hydrogen-bond donors (Lipinski definition) is 7. The highest BCUT2D eigenvalue weighted by molar-refractivity contribution is 7.86. The van der Waals surface area contributed by atoms with Crippen molar-refractivity contribution in [3.05, 3.63) is 87.5 Å². The number of nitrogens with zero attached hydrogens (tertiary/aromatic N) is 4. The summed E-state index contributed by atoms with van der Waals surface area (Å²) < 4.78 is 68.9. The number of H-pyrrole nitrogens is 1. The van der Waals surface area contributed by atoms with E-state index in [1.807, 2.05) is 30.6 Å². The molecule has 0 bridgehead atoms. The van der Waals surface area contributed by atoms with E-state index in [9.17, 15) is 40.3 Å². The molecule has 67 heavy (non-hydrogen) atoms. The molecule has 2 aliphatic heterocycles. The van der Waals surface area contributed by atoms with Crippen molar-refractivity contribution in [3.8, 4) is 0 Å². The number of nitrogens with one attached hydrogen (secondary N) is 4. The highest BCUT2D eigenvalue weighted by atomic mass is 32.2. The highest BCUT2D eigenvalue weighted by Gasteiger charge is 2.46. The summed E-state index contributed by atoms with van der Waals surface area (Å²) in [7, 11) is -8.69. The molecule has 0 saturated heterocycles. The van der Waals surface area contributed by atoms with Crippen LogP contribution in [-0.4, -0.2) is 107 Å². The van der Waals surface area contributed by atoms with E-state index in [0.717, 1.165) is 74.2 Å².